The van der Waals surface area contributed by atoms with Crippen LogP contribution in [-0.4, -0.2) is 15.0 Å². The van der Waals surface area contributed by atoms with Gasteiger partial charge in [0.25, 0.3) is 0 Å². The van der Waals surface area contributed by atoms with Gasteiger partial charge in [-0.1, -0.05) is 28.1 Å². The van der Waals surface area contributed by atoms with Gasteiger partial charge in [0, 0.05) is 4.47 Å². The standard InChI is InChI=1S/C12H13BrClN3/c1-3-9-6-10(13)4-5-12(9)17-7-11(8(2)14)15-16-17/h4-8H,3H2,1-2H3. The minimum absolute atomic E-state index is 0.121. The smallest absolute Gasteiger partial charge is 0.101 e. The first-order valence-corrected chi connectivity index (χ1v) is 6.70. The average molecular weight is 315 g/mol. The van der Waals surface area contributed by atoms with Gasteiger partial charge >= 0.3 is 0 Å². The highest BCUT2D eigenvalue weighted by Gasteiger charge is 2.10. The van der Waals surface area contributed by atoms with Gasteiger partial charge in [0.2, 0.25) is 0 Å². The summed E-state index contributed by atoms with van der Waals surface area (Å²) < 4.78 is 2.85. The first kappa shape index (κ1) is 12.6. The molecular formula is C12H13BrClN3. The number of hydrogen-bond acceptors (Lipinski definition) is 2. The van der Waals surface area contributed by atoms with Crippen molar-refractivity contribution in [2.24, 2.45) is 0 Å². The molecule has 0 aliphatic rings. The van der Waals surface area contributed by atoms with Crippen LogP contribution in [0.15, 0.2) is 28.9 Å². The summed E-state index contributed by atoms with van der Waals surface area (Å²) in [6, 6.07) is 6.13. The van der Waals surface area contributed by atoms with E-state index in [1.165, 1.54) is 5.56 Å². The van der Waals surface area contributed by atoms with Crippen molar-refractivity contribution >= 4 is 27.5 Å². The third-order valence-corrected chi connectivity index (χ3v) is 3.30. The maximum atomic E-state index is 5.98. The van der Waals surface area contributed by atoms with Crippen LogP contribution >= 0.6 is 27.5 Å². The third-order valence-electron chi connectivity index (χ3n) is 2.59. The molecule has 2 rings (SSSR count). The average Bonchev–Trinajstić information content (AvgIpc) is 2.78. The Balaban J connectivity index is 2.44. The van der Waals surface area contributed by atoms with Crippen LogP contribution in [-0.2, 0) is 6.42 Å². The molecule has 3 nitrogen and oxygen atoms in total. The zero-order valence-corrected chi connectivity index (χ0v) is 12.0. The summed E-state index contributed by atoms with van der Waals surface area (Å²) in [4.78, 5) is 0. The number of aromatic nitrogens is 3. The predicted molar refractivity (Wildman–Crippen MR) is 72.7 cm³/mol. The van der Waals surface area contributed by atoms with Crippen LogP contribution in [0.4, 0.5) is 0 Å². The lowest BCUT2D eigenvalue weighted by Crippen LogP contribution is -1.99. The van der Waals surface area contributed by atoms with E-state index < -0.39 is 0 Å². The molecule has 0 fully saturated rings. The molecule has 17 heavy (non-hydrogen) atoms. The fourth-order valence-electron chi connectivity index (χ4n) is 1.64. The summed E-state index contributed by atoms with van der Waals surface area (Å²) >= 11 is 9.45. The van der Waals surface area contributed by atoms with E-state index in [0.29, 0.717) is 0 Å². The molecule has 1 aromatic heterocycles. The summed E-state index contributed by atoms with van der Waals surface area (Å²) in [5.74, 6) is 0. The predicted octanol–water partition coefficient (Wildman–Crippen LogP) is 3.89. The van der Waals surface area contributed by atoms with Crippen LogP contribution < -0.4 is 0 Å². The maximum Gasteiger partial charge on any atom is 0.101 e. The van der Waals surface area contributed by atoms with Gasteiger partial charge in [0.1, 0.15) is 5.69 Å². The summed E-state index contributed by atoms with van der Waals surface area (Å²) in [5.41, 5.74) is 3.06. The molecule has 0 radical (unpaired) electrons. The zero-order valence-electron chi connectivity index (χ0n) is 9.69. The highest BCUT2D eigenvalue weighted by molar-refractivity contribution is 9.10. The van der Waals surface area contributed by atoms with E-state index in [-0.39, 0.29) is 5.38 Å². The monoisotopic (exact) mass is 313 g/mol. The topological polar surface area (TPSA) is 30.7 Å². The van der Waals surface area contributed by atoms with Crippen LogP contribution in [0.5, 0.6) is 0 Å². The lowest BCUT2D eigenvalue weighted by Gasteiger charge is -2.07. The summed E-state index contributed by atoms with van der Waals surface area (Å²) in [7, 11) is 0. The highest BCUT2D eigenvalue weighted by Crippen LogP contribution is 2.22. The third kappa shape index (κ3) is 2.69. The van der Waals surface area contributed by atoms with E-state index in [2.05, 4.69) is 39.2 Å². The van der Waals surface area contributed by atoms with E-state index in [9.17, 15) is 0 Å². The van der Waals surface area contributed by atoms with Gasteiger partial charge in [-0.15, -0.1) is 16.7 Å². The Morgan fingerprint density at radius 1 is 1.47 bits per heavy atom. The molecule has 0 aliphatic heterocycles. The van der Waals surface area contributed by atoms with Crippen molar-refractivity contribution in [2.45, 2.75) is 25.6 Å². The van der Waals surface area contributed by atoms with Gasteiger partial charge in [-0.2, -0.15) is 0 Å². The quantitative estimate of drug-likeness (QED) is 0.805. The number of halogens is 2. The zero-order chi connectivity index (χ0) is 12.4. The number of benzene rings is 1. The minimum atomic E-state index is -0.121. The van der Waals surface area contributed by atoms with E-state index in [1.807, 2.05) is 25.3 Å². The van der Waals surface area contributed by atoms with Gasteiger partial charge in [-0.3, -0.25) is 0 Å². The second-order valence-corrected chi connectivity index (χ2v) is 5.40. The van der Waals surface area contributed by atoms with Crippen LogP contribution in [0.1, 0.15) is 30.5 Å². The molecule has 0 N–H and O–H groups in total. The first-order valence-electron chi connectivity index (χ1n) is 5.47. The molecule has 1 aromatic carbocycles. The first-order chi connectivity index (χ1) is 8.11. The molecule has 90 valence electrons. The molecule has 0 spiro atoms. The van der Waals surface area contributed by atoms with Crippen LogP contribution in [0.25, 0.3) is 5.69 Å². The number of aryl methyl sites for hydroxylation is 1. The molecule has 0 saturated heterocycles. The SMILES string of the molecule is CCc1cc(Br)ccc1-n1cc(C(C)Cl)nn1. The van der Waals surface area contributed by atoms with Crippen LogP contribution in [0, 0.1) is 0 Å². The Morgan fingerprint density at radius 2 is 2.24 bits per heavy atom. The number of rotatable bonds is 3. The van der Waals surface area contributed by atoms with Crippen molar-refractivity contribution in [3.05, 3.63) is 40.1 Å². The fourth-order valence-corrected chi connectivity index (χ4v) is 2.15. The highest BCUT2D eigenvalue weighted by atomic mass is 79.9. The van der Waals surface area contributed by atoms with Gasteiger partial charge in [0.15, 0.2) is 0 Å². The van der Waals surface area contributed by atoms with Crippen molar-refractivity contribution in [2.75, 3.05) is 0 Å². The van der Waals surface area contributed by atoms with E-state index in [4.69, 9.17) is 11.6 Å². The molecule has 1 atom stereocenters. The summed E-state index contributed by atoms with van der Waals surface area (Å²) in [5, 5.41) is 8.05. The summed E-state index contributed by atoms with van der Waals surface area (Å²) in [6.45, 7) is 4.01. The normalized spacial score (nSPS) is 12.7. The van der Waals surface area contributed by atoms with Crippen molar-refractivity contribution in [3.63, 3.8) is 0 Å². The van der Waals surface area contributed by atoms with Crippen molar-refractivity contribution in [1.29, 1.82) is 0 Å². The minimum Gasteiger partial charge on any atom is -0.220 e. The van der Waals surface area contributed by atoms with Crippen LogP contribution in [0.3, 0.4) is 0 Å². The molecule has 0 bridgehead atoms. The van der Waals surface area contributed by atoms with Crippen molar-refractivity contribution < 1.29 is 0 Å². The Bertz CT molecular complexity index is 522. The van der Waals surface area contributed by atoms with Crippen molar-refractivity contribution in [1.82, 2.24) is 15.0 Å². The Kier molecular flexibility index (Phi) is 3.84. The van der Waals surface area contributed by atoms with E-state index in [0.717, 1.165) is 22.3 Å². The van der Waals surface area contributed by atoms with Gasteiger partial charge in [-0.25, -0.2) is 4.68 Å². The second kappa shape index (κ2) is 5.19. The maximum absolute atomic E-state index is 5.98. The molecule has 0 saturated carbocycles. The molecule has 5 heteroatoms. The van der Waals surface area contributed by atoms with Gasteiger partial charge in [0.05, 0.1) is 17.3 Å². The lowest BCUT2D eigenvalue weighted by molar-refractivity contribution is 0.787. The Labute approximate surface area is 114 Å². The van der Waals surface area contributed by atoms with E-state index in [1.54, 1.807) is 4.68 Å². The lowest BCUT2D eigenvalue weighted by atomic mass is 10.1. The van der Waals surface area contributed by atoms with Gasteiger partial charge < -0.3 is 0 Å². The Morgan fingerprint density at radius 3 is 2.82 bits per heavy atom. The molecule has 1 unspecified atom stereocenters. The number of hydrogen-bond donors (Lipinski definition) is 0. The molecule has 0 aliphatic carbocycles. The largest absolute Gasteiger partial charge is 0.220 e. The second-order valence-electron chi connectivity index (χ2n) is 3.83. The molecule has 2 aromatic rings. The molecule has 0 amide bonds. The Hall–Kier alpha value is -0.870. The van der Waals surface area contributed by atoms with E-state index >= 15 is 0 Å². The van der Waals surface area contributed by atoms with Crippen LogP contribution in [0.2, 0.25) is 0 Å². The van der Waals surface area contributed by atoms with Gasteiger partial charge in [-0.05, 0) is 37.1 Å². The number of nitrogens with zero attached hydrogens (tertiary/aromatic N) is 3. The molecule has 1 heterocycles. The van der Waals surface area contributed by atoms with Crippen molar-refractivity contribution in [3.8, 4) is 5.69 Å². The number of alkyl halides is 1. The fraction of sp³-hybridized carbons (Fsp3) is 0.333. The molecular weight excluding hydrogens is 302 g/mol. The summed E-state index contributed by atoms with van der Waals surface area (Å²) in [6.07, 6.45) is 2.82.